The molecular weight excluding hydrogens is 378 g/mol. The van der Waals surface area contributed by atoms with Gasteiger partial charge in [-0.15, -0.1) is 0 Å². The van der Waals surface area contributed by atoms with Gasteiger partial charge in [-0.3, -0.25) is 4.79 Å². The lowest BCUT2D eigenvalue weighted by atomic mass is 10.2. The number of benzene rings is 2. The Bertz CT molecular complexity index is 850. The van der Waals surface area contributed by atoms with Crippen LogP contribution in [0.2, 0.25) is 0 Å². The van der Waals surface area contributed by atoms with Gasteiger partial charge in [0.05, 0.1) is 25.0 Å². The van der Waals surface area contributed by atoms with Crippen LogP contribution in [0.4, 0.5) is 5.69 Å². The fraction of sp³-hybridized carbons (Fsp3) is 0.286. The number of hydrogen-bond donors (Lipinski definition) is 1. The highest BCUT2D eigenvalue weighted by molar-refractivity contribution is 6.01. The van der Waals surface area contributed by atoms with Crippen molar-refractivity contribution in [3.05, 3.63) is 54.1 Å². The number of methoxy groups -OCH3 is 1. The summed E-state index contributed by atoms with van der Waals surface area (Å²) in [6, 6.07) is 13.3. The molecule has 2 aromatic rings. The number of para-hydroxylation sites is 3. The van der Waals surface area contributed by atoms with Gasteiger partial charge in [0.1, 0.15) is 0 Å². The zero-order valence-electron chi connectivity index (χ0n) is 16.3. The predicted molar refractivity (Wildman–Crippen MR) is 105 cm³/mol. The molecule has 0 bridgehead atoms. The molecule has 0 fully saturated rings. The van der Waals surface area contributed by atoms with Crippen molar-refractivity contribution >= 4 is 23.5 Å². The number of hydrogen-bond acceptors (Lipinski definition) is 7. The number of nitrogens with one attached hydrogen (secondary N) is 1. The minimum absolute atomic E-state index is 0.196. The molecule has 0 aliphatic carbocycles. The number of anilines is 1. The third-order valence-corrected chi connectivity index (χ3v) is 3.63. The normalized spacial score (nSPS) is 10.0. The molecule has 8 heteroatoms. The third-order valence-electron chi connectivity index (χ3n) is 3.63. The van der Waals surface area contributed by atoms with Gasteiger partial charge in [-0.05, 0) is 30.7 Å². The molecule has 0 atom stereocenters. The average molecular weight is 401 g/mol. The van der Waals surface area contributed by atoms with Crippen molar-refractivity contribution < 1.29 is 33.3 Å². The molecule has 2 rings (SSSR count). The minimum Gasteiger partial charge on any atom is -0.490 e. The average Bonchev–Trinajstić information content (AvgIpc) is 2.75. The lowest BCUT2D eigenvalue weighted by molar-refractivity contribution is -0.149. The molecule has 0 saturated heterocycles. The molecule has 0 aliphatic rings. The van der Waals surface area contributed by atoms with Gasteiger partial charge in [0, 0.05) is 0 Å². The van der Waals surface area contributed by atoms with E-state index in [1.54, 1.807) is 42.5 Å². The van der Waals surface area contributed by atoms with E-state index in [2.05, 4.69) is 10.1 Å². The second-order valence-corrected chi connectivity index (χ2v) is 5.83. The molecule has 1 amide bonds. The molecule has 154 valence electrons. The van der Waals surface area contributed by atoms with E-state index in [-0.39, 0.29) is 17.9 Å². The zero-order valence-corrected chi connectivity index (χ0v) is 16.3. The molecule has 0 aliphatic heterocycles. The second-order valence-electron chi connectivity index (χ2n) is 5.83. The Morgan fingerprint density at radius 3 is 2.24 bits per heavy atom. The molecule has 0 aromatic heterocycles. The maximum atomic E-state index is 12.0. The van der Waals surface area contributed by atoms with Gasteiger partial charge < -0.3 is 24.3 Å². The Kier molecular flexibility index (Phi) is 8.50. The lowest BCUT2D eigenvalue weighted by Gasteiger charge is -2.12. The second kappa shape index (κ2) is 11.3. The van der Waals surface area contributed by atoms with Crippen LogP contribution in [0.15, 0.2) is 48.5 Å². The monoisotopic (exact) mass is 401 g/mol. The van der Waals surface area contributed by atoms with Crippen molar-refractivity contribution in [2.45, 2.75) is 13.3 Å². The van der Waals surface area contributed by atoms with Crippen molar-refractivity contribution in [3.63, 3.8) is 0 Å². The summed E-state index contributed by atoms with van der Waals surface area (Å²) in [7, 11) is 1.24. The van der Waals surface area contributed by atoms with Crippen molar-refractivity contribution in [2.24, 2.45) is 0 Å². The summed E-state index contributed by atoms with van der Waals surface area (Å²) < 4.78 is 20.5. The molecule has 0 spiro atoms. The summed E-state index contributed by atoms with van der Waals surface area (Å²) in [4.78, 5) is 35.6. The Morgan fingerprint density at radius 1 is 0.897 bits per heavy atom. The van der Waals surface area contributed by atoms with Gasteiger partial charge in [-0.25, -0.2) is 9.59 Å². The van der Waals surface area contributed by atoms with E-state index < -0.39 is 24.5 Å². The Morgan fingerprint density at radius 2 is 1.55 bits per heavy atom. The van der Waals surface area contributed by atoms with E-state index in [0.29, 0.717) is 18.1 Å². The van der Waals surface area contributed by atoms with Crippen LogP contribution in [0, 0.1) is 0 Å². The maximum absolute atomic E-state index is 12.0. The molecule has 0 radical (unpaired) electrons. The highest BCUT2D eigenvalue weighted by Gasteiger charge is 2.15. The quantitative estimate of drug-likeness (QED) is 0.611. The molecule has 0 heterocycles. The fourth-order valence-corrected chi connectivity index (χ4v) is 2.29. The van der Waals surface area contributed by atoms with Crippen LogP contribution in [0.5, 0.6) is 11.5 Å². The molecular formula is C21H23NO7. The van der Waals surface area contributed by atoms with Gasteiger partial charge in [-0.2, -0.15) is 0 Å². The molecule has 0 saturated carbocycles. The van der Waals surface area contributed by atoms with Crippen molar-refractivity contribution in [1.29, 1.82) is 0 Å². The summed E-state index contributed by atoms with van der Waals surface area (Å²) >= 11 is 0. The van der Waals surface area contributed by atoms with Crippen molar-refractivity contribution in [2.75, 3.05) is 32.2 Å². The van der Waals surface area contributed by atoms with Crippen LogP contribution < -0.4 is 14.8 Å². The highest BCUT2D eigenvalue weighted by Crippen LogP contribution is 2.26. The number of esters is 2. The van der Waals surface area contributed by atoms with Gasteiger partial charge in [-0.1, -0.05) is 31.2 Å². The summed E-state index contributed by atoms with van der Waals surface area (Å²) in [6.45, 7) is 1.61. The number of rotatable bonds is 10. The highest BCUT2D eigenvalue weighted by atomic mass is 16.6. The summed E-state index contributed by atoms with van der Waals surface area (Å²) in [6.07, 6.45) is 0.838. The maximum Gasteiger partial charge on any atom is 0.344 e. The van der Waals surface area contributed by atoms with Gasteiger partial charge in [0.2, 0.25) is 0 Å². The first-order valence-corrected chi connectivity index (χ1v) is 9.02. The SMILES string of the molecule is CCCOc1ccccc1OCC(=O)OCC(=O)Nc1ccccc1C(=O)OC. The van der Waals surface area contributed by atoms with Crippen molar-refractivity contribution in [1.82, 2.24) is 0 Å². The minimum atomic E-state index is -0.716. The Labute approximate surface area is 168 Å². The molecule has 1 N–H and O–H groups in total. The first kappa shape index (κ1) is 21.7. The lowest BCUT2D eigenvalue weighted by Crippen LogP contribution is -2.24. The van der Waals surface area contributed by atoms with Crippen LogP contribution >= 0.6 is 0 Å². The van der Waals surface area contributed by atoms with Crippen LogP contribution in [-0.4, -0.2) is 44.8 Å². The fourth-order valence-electron chi connectivity index (χ4n) is 2.29. The van der Waals surface area contributed by atoms with Crippen molar-refractivity contribution in [3.8, 4) is 11.5 Å². The van der Waals surface area contributed by atoms with Crippen LogP contribution in [0.3, 0.4) is 0 Å². The van der Waals surface area contributed by atoms with E-state index in [1.165, 1.54) is 13.2 Å². The first-order chi connectivity index (χ1) is 14.0. The number of ether oxygens (including phenoxy) is 4. The van der Waals surface area contributed by atoms with Gasteiger partial charge >= 0.3 is 11.9 Å². The zero-order chi connectivity index (χ0) is 21.1. The van der Waals surface area contributed by atoms with Crippen LogP contribution in [-0.2, 0) is 19.1 Å². The Hall–Kier alpha value is -3.55. The van der Waals surface area contributed by atoms with Crippen LogP contribution in [0.25, 0.3) is 0 Å². The Balaban J connectivity index is 1.83. The number of amides is 1. The summed E-state index contributed by atoms with van der Waals surface area (Å²) in [5, 5.41) is 2.51. The number of carbonyl (C=O) groups is 3. The smallest absolute Gasteiger partial charge is 0.344 e. The largest absolute Gasteiger partial charge is 0.490 e. The van der Waals surface area contributed by atoms with Gasteiger partial charge in [0.25, 0.3) is 5.91 Å². The molecule has 29 heavy (non-hydrogen) atoms. The van der Waals surface area contributed by atoms with E-state index >= 15 is 0 Å². The summed E-state index contributed by atoms with van der Waals surface area (Å²) in [5.74, 6) is -0.961. The third kappa shape index (κ3) is 6.84. The topological polar surface area (TPSA) is 100 Å². The molecule has 2 aromatic carbocycles. The predicted octanol–water partition coefficient (Wildman–Crippen LogP) is 2.82. The van der Waals surface area contributed by atoms with E-state index in [9.17, 15) is 14.4 Å². The molecule has 8 nitrogen and oxygen atoms in total. The standard InChI is InChI=1S/C21H23NO7/c1-3-12-27-17-10-6-7-11-18(17)28-14-20(24)29-13-19(23)22-16-9-5-4-8-15(16)21(25)26-2/h4-11H,3,12-14H2,1-2H3,(H,22,23). The van der Waals surface area contributed by atoms with E-state index in [1.807, 2.05) is 6.92 Å². The van der Waals surface area contributed by atoms with E-state index in [0.717, 1.165) is 6.42 Å². The van der Waals surface area contributed by atoms with Crippen LogP contribution in [0.1, 0.15) is 23.7 Å². The number of carbonyl (C=O) groups excluding carboxylic acids is 3. The molecule has 0 unspecified atom stereocenters. The first-order valence-electron chi connectivity index (χ1n) is 9.02. The summed E-state index contributed by atoms with van der Waals surface area (Å²) in [5.41, 5.74) is 0.459. The van der Waals surface area contributed by atoms with Gasteiger partial charge in [0.15, 0.2) is 24.7 Å². The van der Waals surface area contributed by atoms with E-state index in [4.69, 9.17) is 14.2 Å².